The molecule has 1 aliphatic rings. The molecule has 140 valence electrons. The Morgan fingerprint density at radius 3 is 2.35 bits per heavy atom. The Hall–Kier alpha value is -1.75. The number of ether oxygens (including phenoxy) is 1. The van der Waals surface area contributed by atoms with Crippen molar-refractivity contribution in [2.24, 2.45) is 0 Å². The molecular weight excluding hydrogens is 344 g/mol. The van der Waals surface area contributed by atoms with Gasteiger partial charge in [0.2, 0.25) is 0 Å². The maximum atomic E-state index is 15.2. The zero-order chi connectivity index (χ0) is 19.5. The second kappa shape index (κ2) is 7.87. The molecule has 0 radical (unpaired) electrons. The molecule has 1 heterocycles. The van der Waals surface area contributed by atoms with Gasteiger partial charge in [-0.2, -0.15) is 0 Å². The fourth-order valence-corrected chi connectivity index (χ4v) is 2.51. The van der Waals surface area contributed by atoms with Gasteiger partial charge in [0.05, 0.1) is 17.8 Å². The maximum Gasteiger partial charge on any atom is 0.525 e. The Morgan fingerprint density at radius 2 is 1.81 bits per heavy atom. The molecule has 0 aromatic heterocycles. The van der Waals surface area contributed by atoms with Gasteiger partial charge in [-0.3, -0.25) is 0 Å². The fraction of sp³-hybridized carbons (Fsp3) is 0.474. The van der Waals surface area contributed by atoms with E-state index in [1.165, 1.54) is 6.07 Å². The van der Waals surface area contributed by atoms with E-state index in [1.807, 2.05) is 0 Å². The third-order valence-electron chi connectivity index (χ3n) is 4.69. The molecule has 1 fully saturated rings. The van der Waals surface area contributed by atoms with Crippen molar-refractivity contribution in [3.8, 4) is 12.3 Å². The highest BCUT2D eigenvalue weighted by Gasteiger charge is 2.53. The van der Waals surface area contributed by atoms with Crippen LogP contribution in [-0.4, -0.2) is 31.5 Å². The standard InChI is InChI=1S/C19H22BF3O3/c1-6-10-24-11-9-15(14-8-7-13(21)12-16(14)22)17(23)20-25-18(2,3)19(4,5)26-20/h1,7-8,12H,9-11H2,2-5H3. The minimum absolute atomic E-state index is 0.00183. The molecule has 1 aliphatic heterocycles. The summed E-state index contributed by atoms with van der Waals surface area (Å²) >= 11 is 0. The summed E-state index contributed by atoms with van der Waals surface area (Å²) in [5.41, 5.74) is -2.33. The Kier molecular flexibility index (Phi) is 6.23. The molecule has 0 saturated carbocycles. The van der Waals surface area contributed by atoms with Crippen LogP contribution in [0.4, 0.5) is 13.2 Å². The van der Waals surface area contributed by atoms with E-state index in [4.69, 9.17) is 20.5 Å². The van der Waals surface area contributed by atoms with Crippen molar-refractivity contribution in [3.05, 3.63) is 41.1 Å². The molecule has 0 spiro atoms. The summed E-state index contributed by atoms with van der Waals surface area (Å²) in [6.45, 7) is 7.27. The Balaban J connectivity index is 2.39. The van der Waals surface area contributed by atoms with Crippen molar-refractivity contribution in [2.75, 3.05) is 13.2 Å². The van der Waals surface area contributed by atoms with Gasteiger partial charge in [0.15, 0.2) is 0 Å². The number of halogens is 3. The second-order valence-electron chi connectivity index (χ2n) is 7.05. The third kappa shape index (κ3) is 4.32. The number of hydrogen-bond donors (Lipinski definition) is 0. The van der Waals surface area contributed by atoms with E-state index in [0.29, 0.717) is 6.07 Å². The van der Waals surface area contributed by atoms with Gasteiger partial charge in [-0.1, -0.05) is 5.92 Å². The molecule has 26 heavy (non-hydrogen) atoms. The van der Waals surface area contributed by atoms with Crippen molar-refractivity contribution >= 4 is 12.7 Å². The highest BCUT2D eigenvalue weighted by molar-refractivity contribution is 6.55. The van der Waals surface area contributed by atoms with Gasteiger partial charge in [0, 0.05) is 11.6 Å². The lowest BCUT2D eigenvalue weighted by Crippen LogP contribution is -2.41. The summed E-state index contributed by atoms with van der Waals surface area (Å²) in [5.74, 6) is 0.684. The Bertz CT molecular complexity index is 722. The van der Waals surface area contributed by atoms with E-state index in [1.54, 1.807) is 27.7 Å². The predicted octanol–water partition coefficient (Wildman–Crippen LogP) is 4.32. The van der Waals surface area contributed by atoms with Crippen LogP contribution in [0, 0.1) is 24.0 Å². The molecule has 0 aliphatic carbocycles. The molecule has 2 rings (SSSR count). The SMILES string of the molecule is C#CCOCCC(=C(F)B1OC(C)(C)C(C)(C)O1)c1ccc(F)cc1F. The van der Waals surface area contributed by atoms with E-state index in [2.05, 4.69) is 5.92 Å². The Morgan fingerprint density at radius 1 is 1.19 bits per heavy atom. The first-order valence-corrected chi connectivity index (χ1v) is 8.30. The molecule has 0 atom stereocenters. The predicted molar refractivity (Wildman–Crippen MR) is 94.7 cm³/mol. The lowest BCUT2D eigenvalue weighted by atomic mass is 9.81. The first-order chi connectivity index (χ1) is 12.1. The van der Waals surface area contributed by atoms with Crippen LogP contribution in [0.2, 0.25) is 0 Å². The fourth-order valence-electron chi connectivity index (χ4n) is 2.51. The molecule has 0 N–H and O–H groups in total. The molecule has 1 aromatic carbocycles. The van der Waals surface area contributed by atoms with Gasteiger partial charge in [0.1, 0.15) is 24.0 Å². The van der Waals surface area contributed by atoms with Crippen LogP contribution < -0.4 is 0 Å². The van der Waals surface area contributed by atoms with E-state index in [0.717, 1.165) is 6.07 Å². The minimum Gasteiger partial charge on any atom is -0.398 e. The molecule has 3 nitrogen and oxygen atoms in total. The van der Waals surface area contributed by atoms with Crippen LogP contribution >= 0.6 is 0 Å². The summed E-state index contributed by atoms with van der Waals surface area (Å²) in [6, 6.07) is 2.96. The smallest absolute Gasteiger partial charge is 0.398 e. The van der Waals surface area contributed by atoms with Crippen LogP contribution in [0.5, 0.6) is 0 Å². The molecule has 0 amide bonds. The van der Waals surface area contributed by atoms with E-state index < -0.39 is 35.7 Å². The zero-order valence-electron chi connectivity index (χ0n) is 15.4. The lowest BCUT2D eigenvalue weighted by Gasteiger charge is -2.32. The van der Waals surface area contributed by atoms with Crippen molar-refractivity contribution in [1.29, 1.82) is 0 Å². The monoisotopic (exact) mass is 366 g/mol. The van der Waals surface area contributed by atoms with Crippen LogP contribution in [0.15, 0.2) is 23.9 Å². The van der Waals surface area contributed by atoms with Crippen molar-refractivity contribution in [1.82, 2.24) is 0 Å². The number of benzene rings is 1. The normalized spacial score (nSPS) is 19.2. The first-order valence-electron chi connectivity index (χ1n) is 8.30. The van der Waals surface area contributed by atoms with Crippen LogP contribution in [0.25, 0.3) is 5.57 Å². The van der Waals surface area contributed by atoms with E-state index in [-0.39, 0.29) is 30.8 Å². The highest BCUT2D eigenvalue weighted by Crippen LogP contribution is 2.40. The number of terminal acetylenes is 1. The molecule has 0 bridgehead atoms. The zero-order valence-corrected chi connectivity index (χ0v) is 15.4. The quantitative estimate of drug-likeness (QED) is 0.427. The summed E-state index contributed by atoms with van der Waals surface area (Å²) < 4.78 is 59.2. The highest BCUT2D eigenvalue weighted by atomic mass is 19.1. The number of hydrogen-bond acceptors (Lipinski definition) is 3. The Labute approximate surface area is 152 Å². The van der Waals surface area contributed by atoms with E-state index >= 15 is 4.39 Å². The van der Waals surface area contributed by atoms with Crippen molar-refractivity contribution in [3.63, 3.8) is 0 Å². The molecule has 0 unspecified atom stereocenters. The topological polar surface area (TPSA) is 27.7 Å². The van der Waals surface area contributed by atoms with Gasteiger partial charge in [-0.05, 0) is 51.8 Å². The third-order valence-corrected chi connectivity index (χ3v) is 4.69. The van der Waals surface area contributed by atoms with Crippen LogP contribution in [0.3, 0.4) is 0 Å². The van der Waals surface area contributed by atoms with Crippen LogP contribution in [-0.2, 0) is 14.0 Å². The average Bonchev–Trinajstić information content (AvgIpc) is 2.76. The first kappa shape index (κ1) is 20.6. The van der Waals surface area contributed by atoms with Gasteiger partial charge < -0.3 is 14.0 Å². The van der Waals surface area contributed by atoms with E-state index in [9.17, 15) is 8.78 Å². The molecular formula is C19H22BF3O3. The van der Waals surface area contributed by atoms with Crippen LogP contribution in [0.1, 0.15) is 39.7 Å². The lowest BCUT2D eigenvalue weighted by molar-refractivity contribution is 0.00578. The summed E-state index contributed by atoms with van der Waals surface area (Å²) in [5, 5.41) is 0. The largest absolute Gasteiger partial charge is 0.525 e. The minimum atomic E-state index is -1.29. The average molecular weight is 366 g/mol. The maximum absolute atomic E-state index is 15.2. The van der Waals surface area contributed by atoms with Gasteiger partial charge in [-0.15, -0.1) is 6.42 Å². The summed E-state index contributed by atoms with van der Waals surface area (Å²) in [4.78, 5) is 0. The van der Waals surface area contributed by atoms with Crippen molar-refractivity contribution in [2.45, 2.75) is 45.3 Å². The summed E-state index contributed by atoms with van der Waals surface area (Å²) in [7, 11) is -1.29. The second-order valence-corrected chi connectivity index (χ2v) is 7.05. The van der Waals surface area contributed by atoms with Gasteiger partial charge >= 0.3 is 7.12 Å². The molecule has 7 heteroatoms. The molecule has 1 saturated heterocycles. The van der Waals surface area contributed by atoms with Gasteiger partial charge in [0.25, 0.3) is 0 Å². The summed E-state index contributed by atoms with van der Waals surface area (Å²) in [6.07, 6.45) is 5.14. The van der Waals surface area contributed by atoms with Gasteiger partial charge in [-0.25, -0.2) is 13.2 Å². The molecule has 1 aromatic rings. The number of rotatable bonds is 6. The van der Waals surface area contributed by atoms with Crippen molar-refractivity contribution < 1.29 is 27.2 Å².